The molecule has 2 heterocycles. The molecule has 2 aromatic carbocycles. The highest BCUT2D eigenvalue weighted by Crippen LogP contribution is 2.33. The highest BCUT2D eigenvalue weighted by atomic mass is 35.5. The molecule has 1 N–H and O–H groups in total. The van der Waals surface area contributed by atoms with Gasteiger partial charge in [0.15, 0.2) is 11.5 Å². The van der Waals surface area contributed by atoms with Gasteiger partial charge in [-0.05, 0) is 55.7 Å². The summed E-state index contributed by atoms with van der Waals surface area (Å²) in [7, 11) is -3.64. The van der Waals surface area contributed by atoms with Crippen molar-refractivity contribution in [1.29, 1.82) is 0 Å². The lowest BCUT2D eigenvalue weighted by atomic mass is 10.1. The van der Waals surface area contributed by atoms with Crippen LogP contribution in [0, 0.1) is 0 Å². The van der Waals surface area contributed by atoms with E-state index in [1.807, 2.05) is 25.1 Å². The van der Waals surface area contributed by atoms with E-state index in [0.29, 0.717) is 37.8 Å². The van der Waals surface area contributed by atoms with Crippen LogP contribution in [0.4, 0.5) is 0 Å². The summed E-state index contributed by atoms with van der Waals surface area (Å²) in [5, 5.41) is 3.08. The number of halogens is 1. The first kappa shape index (κ1) is 21.0. The van der Waals surface area contributed by atoms with E-state index in [1.165, 1.54) is 22.5 Å². The highest BCUT2D eigenvalue weighted by Gasteiger charge is 2.28. The van der Waals surface area contributed by atoms with Gasteiger partial charge in [0, 0.05) is 13.1 Å². The summed E-state index contributed by atoms with van der Waals surface area (Å²) in [5.74, 6) is 0.865. The van der Waals surface area contributed by atoms with Crippen molar-refractivity contribution in [3.63, 3.8) is 0 Å². The van der Waals surface area contributed by atoms with Gasteiger partial charge in [-0.1, -0.05) is 17.7 Å². The fourth-order valence-electron chi connectivity index (χ4n) is 3.60. The molecule has 0 spiro atoms. The molecular weight excluding hydrogens is 428 g/mol. The van der Waals surface area contributed by atoms with Crippen LogP contribution < -0.4 is 14.8 Å². The van der Waals surface area contributed by atoms with Crippen LogP contribution in [0.3, 0.4) is 0 Å². The molecule has 2 aliphatic heterocycles. The van der Waals surface area contributed by atoms with Crippen LogP contribution in [0.2, 0.25) is 5.02 Å². The van der Waals surface area contributed by atoms with Gasteiger partial charge in [0.25, 0.3) is 5.91 Å². The molecular formula is C21H23ClN2O5S. The molecule has 1 amide bonds. The maximum atomic E-state index is 12.9. The van der Waals surface area contributed by atoms with Crippen molar-refractivity contribution in [2.75, 3.05) is 26.3 Å². The van der Waals surface area contributed by atoms with Crippen molar-refractivity contribution in [2.24, 2.45) is 0 Å². The predicted octanol–water partition coefficient (Wildman–Crippen LogP) is 3.39. The summed E-state index contributed by atoms with van der Waals surface area (Å²) >= 11 is 6.22. The Morgan fingerprint density at radius 3 is 2.50 bits per heavy atom. The minimum atomic E-state index is -3.64. The standard InChI is InChI=1S/C21H23ClN2O5S/c1-14(15-4-7-19-20(12-15)29-11-10-28-19)23-21(25)17-13-16(5-6-18(17)22)30(26,27)24-8-2-3-9-24/h4-7,12-14H,2-3,8-11H2,1H3,(H,23,25)/t14-/m1/s1. The number of hydrogen-bond acceptors (Lipinski definition) is 5. The second-order valence-corrected chi connectivity index (χ2v) is 9.70. The molecule has 4 rings (SSSR count). The minimum absolute atomic E-state index is 0.0749. The van der Waals surface area contributed by atoms with Crippen molar-refractivity contribution in [3.8, 4) is 11.5 Å². The van der Waals surface area contributed by atoms with E-state index in [2.05, 4.69) is 5.32 Å². The molecule has 1 atom stereocenters. The van der Waals surface area contributed by atoms with Crippen LogP contribution in [0.25, 0.3) is 0 Å². The maximum Gasteiger partial charge on any atom is 0.253 e. The average molecular weight is 451 g/mol. The zero-order valence-electron chi connectivity index (χ0n) is 16.6. The summed E-state index contributed by atoms with van der Waals surface area (Å²) in [6, 6.07) is 9.39. The largest absolute Gasteiger partial charge is 0.486 e. The van der Waals surface area contributed by atoms with Crippen molar-refractivity contribution in [2.45, 2.75) is 30.7 Å². The molecule has 0 radical (unpaired) electrons. The third kappa shape index (κ3) is 4.12. The van der Waals surface area contributed by atoms with Gasteiger partial charge in [-0.2, -0.15) is 4.31 Å². The third-order valence-electron chi connectivity index (χ3n) is 5.30. The summed E-state index contributed by atoms with van der Waals surface area (Å²) in [4.78, 5) is 13.0. The second-order valence-electron chi connectivity index (χ2n) is 7.35. The summed E-state index contributed by atoms with van der Waals surface area (Å²) in [5.41, 5.74) is 0.964. The first-order valence-electron chi connectivity index (χ1n) is 9.86. The van der Waals surface area contributed by atoms with Crippen LogP contribution in [-0.4, -0.2) is 44.9 Å². The van der Waals surface area contributed by atoms with Crippen molar-refractivity contribution in [1.82, 2.24) is 9.62 Å². The molecule has 1 fully saturated rings. The Bertz CT molecular complexity index is 1070. The Hall–Kier alpha value is -2.29. The van der Waals surface area contributed by atoms with Crippen LogP contribution in [0.5, 0.6) is 11.5 Å². The number of benzene rings is 2. The zero-order chi connectivity index (χ0) is 21.3. The van der Waals surface area contributed by atoms with Gasteiger partial charge in [-0.15, -0.1) is 0 Å². The number of sulfonamides is 1. The maximum absolute atomic E-state index is 12.9. The second kappa shape index (κ2) is 8.45. The van der Waals surface area contributed by atoms with Crippen LogP contribution in [-0.2, 0) is 10.0 Å². The Morgan fingerprint density at radius 2 is 1.77 bits per heavy atom. The van der Waals surface area contributed by atoms with Crippen molar-refractivity contribution in [3.05, 3.63) is 52.5 Å². The predicted molar refractivity (Wildman–Crippen MR) is 113 cm³/mol. The van der Waals surface area contributed by atoms with E-state index < -0.39 is 15.9 Å². The van der Waals surface area contributed by atoms with Crippen LogP contribution >= 0.6 is 11.6 Å². The average Bonchev–Trinajstić information content (AvgIpc) is 3.29. The molecule has 9 heteroatoms. The number of carbonyl (C=O) groups excluding carboxylic acids is 1. The van der Waals surface area contributed by atoms with E-state index in [0.717, 1.165) is 18.4 Å². The number of nitrogens with one attached hydrogen (secondary N) is 1. The Balaban J connectivity index is 1.54. The smallest absolute Gasteiger partial charge is 0.253 e. The van der Waals surface area contributed by atoms with Crippen LogP contribution in [0.15, 0.2) is 41.3 Å². The van der Waals surface area contributed by atoms with E-state index in [9.17, 15) is 13.2 Å². The number of carbonyl (C=O) groups is 1. The molecule has 0 unspecified atom stereocenters. The summed E-state index contributed by atoms with van der Waals surface area (Å²) < 4.78 is 38.2. The van der Waals surface area contributed by atoms with E-state index in [-0.39, 0.29) is 21.5 Å². The molecule has 0 saturated carbocycles. The first-order chi connectivity index (χ1) is 14.4. The zero-order valence-corrected chi connectivity index (χ0v) is 18.1. The van der Waals surface area contributed by atoms with Gasteiger partial charge >= 0.3 is 0 Å². The SMILES string of the molecule is C[C@@H](NC(=O)c1cc(S(=O)(=O)N2CCCC2)ccc1Cl)c1ccc2c(c1)OCCO2. The van der Waals surface area contributed by atoms with Gasteiger partial charge in [0.1, 0.15) is 13.2 Å². The number of ether oxygens (including phenoxy) is 2. The lowest BCUT2D eigenvalue weighted by Gasteiger charge is -2.21. The van der Waals surface area contributed by atoms with E-state index in [4.69, 9.17) is 21.1 Å². The van der Waals surface area contributed by atoms with Crippen molar-refractivity contribution >= 4 is 27.5 Å². The summed E-state index contributed by atoms with van der Waals surface area (Å²) in [6.07, 6.45) is 1.68. The van der Waals surface area contributed by atoms with Gasteiger partial charge in [0.2, 0.25) is 10.0 Å². The van der Waals surface area contributed by atoms with E-state index in [1.54, 1.807) is 0 Å². The molecule has 1 saturated heterocycles. The number of hydrogen-bond donors (Lipinski definition) is 1. The molecule has 2 aromatic rings. The molecule has 7 nitrogen and oxygen atoms in total. The van der Waals surface area contributed by atoms with Gasteiger partial charge in [0.05, 0.1) is 21.5 Å². The monoisotopic (exact) mass is 450 g/mol. The number of amides is 1. The van der Waals surface area contributed by atoms with Crippen LogP contribution in [0.1, 0.15) is 41.7 Å². The van der Waals surface area contributed by atoms with Gasteiger partial charge < -0.3 is 14.8 Å². The first-order valence-corrected chi connectivity index (χ1v) is 11.7. The lowest BCUT2D eigenvalue weighted by molar-refractivity contribution is 0.0939. The number of rotatable bonds is 5. The molecule has 30 heavy (non-hydrogen) atoms. The Morgan fingerprint density at radius 1 is 1.07 bits per heavy atom. The highest BCUT2D eigenvalue weighted by molar-refractivity contribution is 7.89. The molecule has 0 aliphatic carbocycles. The number of nitrogens with zero attached hydrogens (tertiary/aromatic N) is 1. The molecule has 2 aliphatic rings. The summed E-state index contributed by atoms with van der Waals surface area (Å²) in [6.45, 7) is 3.81. The lowest BCUT2D eigenvalue weighted by Crippen LogP contribution is -2.29. The fraction of sp³-hybridized carbons (Fsp3) is 0.381. The molecule has 160 valence electrons. The topological polar surface area (TPSA) is 84.9 Å². The third-order valence-corrected chi connectivity index (χ3v) is 7.52. The normalized spacial score (nSPS) is 17.5. The Labute approximate surface area is 181 Å². The fourth-order valence-corrected chi connectivity index (χ4v) is 5.35. The number of fused-ring (bicyclic) bond motifs is 1. The van der Waals surface area contributed by atoms with Gasteiger partial charge in [-0.25, -0.2) is 8.42 Å². The van der Waals surface area contributed by atoms with Crippen molar-refractivity contribution < 1.29 is 22.7 Å². The van der Waals surface area contributed by atoms with Gasteiger partial charge in [-0.3, -0.25) is 4.79 Å². The quantitative estimate of drug-likeness (QED) is 0.754. The molecule has 0 bridgehead atoms. The molecule has 0 aromatic heterocycles. The van der Waals surface area contributed by atoms with E-state index >= 15 is 0 Å². The minimum Gasteiger partial charge on any atom is -0.486 e. The Kier molecular flexibility index (Phi) is 5.90.